The first-order valence-electron chi connectivity index (χ1n) is 3.92. The van der Waals surface area contributed by atoms with E-state index >= 15 is 0 Å². The van der Waals surface area contributed by atoms with Gasteiger partial charge < -0.3 is 5.32 Å². The Balaban J connectivity index is 2.10. The quantitative estimate of drug-likeness (QED) is 0.642. The third kappa shape index (κ3) is 3.25. The van der Waals surface area contributed by atoms with Crippen LogP contribution in [0.1, 0.15) is 0 Å². The molecule has 12 heavy (non-hydrogen) atoms. The standard InChI is InChI=1S/C7H14N2OS2/c1-11-3-2-8-7(10)6-4-12-5-9-6/h6,9H,2-5H2,1H3,(H,8,10). The minimum absolute atomic E-state index is 0.0388. The molecule has 1 unspecified atom stereocenters. The van der Waals surface area contributed by atoms with E-state index in [9.17, 15) is 4.79 Å². The Morgan fingerprint density at radius 1 is 1.83 bits per heavy atom. The molecule has 0 aromatic heterocycles. The molecule has 2 N–H and O–H groups in total. The molecule has 0 bridgehead atoms. The van der Waals surface area contributed by atoms with E-state index in [-0.39, 0.29) is 11.9 Å². The highest BCUT2D eigenvalue weighted by Gasteiger charge is 2.21. The maximum atomic E-state index is 11.3. The Hall–Kier alpha value is 0.130. The monoisotopic (exact) mass is 206 g/mol. The lowest BCUT2D eigenvalue weighted by atomic mass is 10.3. The molecular weight excluding hydrogens is 192 g/mol. The molecule has 0 aliphatic carbocycles. The van der Waals surface area contributed by atoms with Gasteiger partial charge in [-0.3, -0.25) is 10.1 Å². The molecule has 1 aliphatic heterocycles. The van der Waals surface area contributed by atoms with E-state index in [1.165, 1.54) is 0 Å². The van der Waals surface area contributed by atoms with Crippen LogP contribution >= 0.6 is 23.5 Å². The topological polar surface area (TPSA) is 41.1 Å². The molecule has 1 atom stereocenters. The van der Waals surface area contributed by atoms with Crippen LogP contribution in [-0.4, -0.2) is 42.1 Å². The van der Waals surface area contributed by atoms with Crippen LogP contribution in [0.15, 0.2) is 0 Å². The van der Waals surface area contributed by atoms with Gasteiger partial charge in [-0.05, 0) is 6.26 Å². The normalized spacial score (nSPS) is 22.6. The van der Waals surface area contributed by atoms with Crippen molar-refractivity contribution >= 4 is 29.4 Å². The molecule has 1 heterocycles. The summed E-state index contributed by atoms with van der Waals surface area (Å²) in [5.74, 6) is 2.95. The Morgan fingerprint density at radius 3 is 3.25 bits per heavy atom. The van der Waals surface area contributed by atoms with Crippen LogP contribution in [0, 0.1) is 0 Å². The SMILES string of the molecule is CSCCNC(=O)C1CSCN1. The van der Waals surface area contributed by atoms with Gasteiger partial charge in [0, 0.05) is 23.9 Å². The van der Waals surface area contributed by atoms with Crippen LogP contribution in [0.3, 0.4) is 0 Å². The summed E-state index contributed by atoms with van der Waals surface area (Å²) < 4.78 is 0. The molecule has 70 valence electrons. The van der Waals surface area contributed by atoms with E-state index in [0.29, 0.717) is 0 Å². The van der Waals surface area contributed by atoms with Gasteiger partial charge in [-0.1, -0.05) is 0 Å². The number of thioether (sulfide) groups is 2. The lowest BCUT2D eigenvalue weighted by Gasteiger charge is -2.09. The Kier molecular flexibility index (Phi) is 4.87. The fourth-order valence-corrected chi connectivity index (χ4v) is 2.21. The van der Waals surface area contributed by atoms with Gasteiger partial charge in [0.15, 0.2) is 0 Å². The second-order valence-corrected chi connectivity index (χ2v) is 4.57. The van der Waals surface area contributed by atoms with E-state index in [2.05, 4.69) is 10.6 Å². The van der Waals surface area contributed by atoms with Crippen molar-refractivity contribution in [3.8, 4) is 0 Å². The van der Waals surface area contributed by atoms with Gasteiger partial charge in [0.25, 0.3) is 0 Å². The highest BCUT2D eigenvalue weighted by Crippen LogP contribution is 2.08. The average Bonchev–Trinajstić information content (AvgIpc) is 2.56. The van der Waals surface area contributed by atoms with E-state index in [1.54, 1.807) is 23.5 Å². The van der Waals surface area contributed by atoms with Crippen molar-refractivity contribution in [3.63, 3.8) is 0 Å². The Morgan fingerprint density at radius 2 is 2.67 bits per heavy atom. The van der Waals surface area contributed by atoms with Crippen LogP contribution < -0.4 is 10.6 Å². The summed E-state index contributed by atoms with van der Waals surface area (Å²) >= 11 is 3.52. The molecule has 0 radical (unpaired) electrons. The Bertz CT molecular complexity index is 148. The molecule has 1 rings (SSSR count). The third-order valence-electron chi connectivity index (χ3n) is 1.64. The first-order chi connectivity index (χ1) is 5.84. The van der Waals surface area contributed by atoms with Gasteiger partial charge in [0.05, 0.1) is 6.04 Å². The molecule has 0 aromatic carbocycles. The molecule has 1 aliphatic rings. The summed E-state index contributed by atoms with van der Waals surface area (Å²) in [6.45, 7) is 0.781. The fourth-order valence-electron chi connectivity index (χ4n) is 0.963. The van der Waals surface area contributed by atoms with Gasteiger partial charge >= 0.3 is 0 Å². The third-order valence-corrected chi connectivity index (χ3v) is 3.19. The van der Waals surface area contributed by atoms with Crippen LogP contribution in [-0.2, 0) is 4.79 Å². The van der Waals surface area contributed by atoms with Crippen molar-refractivity contribution in [1.29, 1.82) is 0 Å². The number of rotatable bonds is 4. The molecule has 0 aromatic rings. The van der Waals surface area contributed by atoms with Crippen molar-refractivity contribution in [2.75, 3.05) is 30.2 Å². The largest absolute Gasteiger partial charge is 0.354 e. The highest BCUT2D eigenvalue weighted by molar-refractivity contribution is 7.99. The van der Waals surface area contributed by atoms with Crippen LogP contribution in [0.4, 0.5) is 0 Å². The van der Waals surface area contributed by atoms with Gasteiger partial charge in [-0.25, -0.2) is 0 Å². The van der Waals surface area contributed by atoms with Gasteiger partial charge in [0.2, 0.25) is 5.91 Å². The number of nitrogens with one attached hydrogen (secondary N) is 2. The van der Waals surface area contributed by atoms with Gasteiger partial charge in [0.1, 0.15) is 0 Å². The van der Waals surface area contributed by atoms with Crippen molar-refractivity contribution in [3.05, 3.63) is 0 Å². The second kappa shape index (κ2) is 5.72. The summed E-state index contributed by atoms with van der Waals surface area (Å²) in [6.07, 6.45) is 2.04. The van der Waals surface area contributed by atoms with E-state index < -0.39 is 0 Å². The maximum Gasteiger partial charge on any atom is 0.238 e. The van der Waals surface area contributed by atoms with Gasteiger partial charge in [-0.15, -0.1) is 11.8 Å². The minimum Gasteiger partial charge on any atom is -0.354 e. The predicted octanol–water partition coefficient (Wildman–Crippen LogP) is 0.128. The van der Waals surface area contributed by atoms with Crippen molar-refractivity contribution < 1.29 is 4.79 Å². The smallest absolute Gasteiger partial charge is 0.238 e. The summed E-state index contributed by atoms with van der Waals surface area (Å²) in [7, 11) is 0. The summed E-state index contributed by atoms with van der Waals surface area (Å²) in [5, 5.41) is 6.02. The molecule has 1 saturated heterocycles. The van der Waals surface area contributed by atoms with Crippen LogP contribution in [0.2, 0.25) is 0 Å². The van der Waals surface area contributed by atoms with E-state index in [4.69, 9.17) is 0 Å². The average molecular weight is 206 g/mol. The first-order valence-corrected chi connectivity index (χ1v) is 6.47. The molecule has 3 nitrogen and oxygen atoms in total. The molecule has 5 heteroatoms. The zero-order chi connectivity index (χ0) is 8.81. The maximum absolute atomic E-state index is 11.3. The van der Waals surface area contributed by atoms with Crippen molar-refractivity contribution in [1.82, 2.24) is 10.6 Å². The highest BCUT2D eigenvalue weighted by atomic mass is 32.2. The first kappa shape index (κ1) is 10.2. The summed E-state index contributed by atoms with van der Waals surface area (Å²) in [4.78, 5) is 11.3. The number of amides is 1. The van der Waals surface area contributed by atoms with Crippen molar-refractivity contribution in [2.24, 2.45) is 0 Å². The minimum atomic E-state index is 0.0388. The number of carbonyl (C=O) groups is 1. The number of carbonyl (C=O) groups excluding carboxylic acids is 1. The lowest BCUT2D eigenvalue weighted by Crippen LogP contribution is -2.42. The van der Waals surface area contributed by atoms with E-state index in [0.717, 1.165) is 23.9 Å². The zero-order valence-corrected chi connectivity index (χ0v) is 8.76. The zero-order valence-electron chi connectivity index (χ0n) is 7.13. The second-order valence-electron chi connectivity index (χ2n) is 2.56. The summed E-state index contributed by atoms with van der Waals surface area (Å²) in [5.41, 5.74) is 0. The van der Waals surface area contributed by atoms with Crippen molar-refractivity contribution in [2.45, 2.75) is 6.04 Å². The molecule has 1 fully saturated rings. The molecule has 0 saturated carbocycles. The Labute approximate surface area is 81.4 Å². The number of hydrogen-bond donors (Lipinski definition) is 2. The molecule has 0 spiro atoms. The van der Waals surface area contributed by atoms with E-state index in [1.807, 2.05) is 6.26 Å². The fraction of sp³-hybridized carbons (Fsp3) is 0.857. The van der Waals surface area contributed by atoms with Crippen LogP contribution in [0.5, 0.6) is 0 Å². The summed E-state index contributed by atoms with van der Waals surface area (Å²) in [6, 6.07) is 0.0388. The molecular formula is C7H14N2OS2. The predicted molar refractivity (Wildman–Crippen MR) is 55.6 cm³/mol. The van der Waals surface area contributed by atoms with Gasteiger partial charge in [-0.2, -0.15) is 11.8 Å². The van der Waals surface area contributed by atoms with Crippen LogP contribution in [0.25, 0.3) is 0 Å². The molecule has 1 amide bonds. The number of hydrogen-bond acceptors (Lipinski definition) is 4. The lowest BCUT2D eigenvalue weighted by molar-refractivity contribution is -0.122.